The maximum atomic E-state index is 12.2. The molecular weight excluding hydrogens is 350 g/mol. The Morgan fingerprint density at radius 1 is 1.23 bits per heavy atom. The number of nitrogens with one attached hydrogen (secondary N) is 1. The van der Waals surface area contributed by atoms with E-state index in [0.717, 1.165) is 4.47 Å². The van der Waals surface area contributed by atoms with Gasteiger partial charge in [0.25, 0.3) is 0 Å². The Balaban J connectivity index is 2.65. The molecule has 1 atom stereocenters. The van der Waals surface area contributed by atoms with Crippen LogP contribution in [0.15, 0.2) is 28.7 Å². The zero-order valence-corrected chi connectivity index (χ0v) is 14.9. The van der Waals surface area contributed by atoms with Crippen LogP contribution in [0, 0.1) is 0 Å². The summed E-state index contributed by atoms with van der Waals surface area (Å²) < 4.78 is 11.2. The van der Waals surface area contributed by atoms with E-state index in [1.54, 1.807) is 45.0 Å². The first kappa shape index (κ1) is 18.6. The van der Waals surface area contributed by atoms with Gasteiger partial charge in [-0.1, -0.05) is 28.1 Å². The Morgan fingerprint density at radius 3 is 2.32 bits per heavy atom. The molecule has 0 radical (unpaired) electrons. The van der Waals surface area contributed by atoms with Gasteiger partial charge >= 0.3 is 6.09 Å². The second kappa shape index (κ2) is 8.29. The minimum Gasteiger partial charge on any atom is -0.444 e. The van der Waals surface area contributed by atoms with E-state index in [1.165, 1.54) is 7.11 Å². The van der Waals surface area contributed by atoms with Gasteiger partial charge < -0.3 is 14.8 Å². The van der Waals surface area contributed by atoms with Crippen molar-refractivity contribution in [2.24, 2.45) is 0 Å². The van der Waals surface area contributed by atoms with Gasteiger partial charge in [0.15, 0.2) is 5.78 Å². The van der Waals surface area contributed by atoms with Gasteiger partial charge in [0, 0.05) is 23.6 Å². The van der Waals surface area contributed by atoms with E-state index in [1.807, 2.05) is 0 Å². The van der Waals surface area contributed by atoms with Gasteiger partial charge in [0.1, 0.15) is 5.60 Å². The van der Waals surface area contributed by atoms with Crippen LogP contribution < -0.4 is 5.32 Å². The second-order valence-corrected chi connectivity index (χ2v) is 6.85. The second-order valence-electron chi connectivity index (χ2n) is 5.93. The number of alkyl carbamates (subject to hydrolysis) is 1. The molecule has 1 unspecified atom stereocenters. The number of rotatable bonds is 6. The van der Waals surface area contributed by atoms with Crippen LogP contribution in [0.2, 0.25) is 0 Å². The summed E-state index contributed by atoms with van der Waals surface area (Å²) in [6, 6.07) is 6.66. The summed E-state index contributed by atoms with van der Waals surface area (Å²) >= 11 is 3.33. The molecule has 0 saturated carbocycles. The van der Waals surface area contributed by atoms with Crippen molar-refractivity contribution in [2.45, 2.75) is 38.8 Å². The number of amides is 1. The van der Waals surface area contributed by atoms with Crippen molar-refractivity contribution in [3.05, 3.63) is 34.3 Å². The van der Waals surface area contributed by atoms with Crippen molar-refractivity contribution >= 4 is 27.8 Å². The average Bonchev–Trinajstić information content (AvgIpc) is 2.37. The van der Waals surface area contributed by atoms with Crippen LogP contribution in [0.4, 0.5) is 4.79 Å². The molecule has 0 aromatic heterocycles. The summed E-state index contributed by atoms with van der Waals surface area (Å²) in [5.74, 6) is -0.0643. The molecule has 122 valence electrons. The Labute approximate surface area is 139 Å². The molecule has 0 aliphatic heterocycles. The third kappa shape index (κ3) is 7.04. The molecule has 0 heterocycles. The van der Waals surface area contributed by atoms with Gasteiger partial charge in [0.05, 0.1) is 12.6 Å². The minimum atomic E-state index is -0.586. The standard InChI is InChI=1S/C16H22BrNO4/c1-16(2,3)22-15(20)18-13(10-21-4)9-14(19)11-5-7-12(17)8-6-11/h5-8,13H,9-10H2,1-4H3,(H,18,20). The van der Waals surface area contributed by atoms with E-state index in [9.17, 15) is 9.59 Å². The molecule has 22 heavy (non-hydrogen) atoms. The zero-order valence-electron chi connectivity index (χ0n) is 13.3. The molecule has 6 heteroatoms. The highest BCUT2D eigenvalue weighted by Crippen LogP contribution is 2.13. The molecule has 0 aliphatic carbocycles. The van der Waals surface area contributed by atoms with Gasteiger partial charge in [-0.05, 0) is 32.9 Å². The Hall–Kier alpha value is -1.40. The Kier molecular flexibility index (Phi) is 7.03. The van der Waals surface area contributed by atoms with Gasteiger partial charge in [-0.2, -0.15) is 0 Å². The van der Waals surface area contributed by atoms with Crippen LogP contribution in [0.1, 0.15) is 37.6 Å². The first-order valence-corrected chi connectivity index (χ1v) is 7.78. The SMILES string of the molecule is COCC(CC(=O)c1ccc(Br)cc1)NC(=O)OC(C)(C)C. The Bertz CT molecular complexity index is 508. The number of hydrogen-bond acceptors (Lipinski definition) is 4. The topological polar surface area (TPSA) is 64.6 Å². The summed E-state index contributed by atoms with van der Waals surface area (Å²) in [7, 11) is 1.52. The minimum absolute atomic E-state index is 0.0643. The number of hydrogen-bond donors (Lipinski definition) is 1. The number of halogens is 1. The summed E-state index contributed by atoms with van der Waals surface area (Å²) in [5, 5.41) is 2.67. The molecule has 0 spiro atoms. The lowest BCUT2D eigenvalue weighted by Gasteiger charge is -2.23. The maximum Gasteiger partial charge on any atom is 0.407 e. The summed E-state index contributed by atoms with van der Waals surface area (Å²) in [4.78, 5) is 24.0. The number of carbonyl (C=O) groups is 2. The molecule has 1 N–H and O–H groups in total. The molecule has 0 bridgehead atoms. The van der Waals surface area contributed by atoms with E-state index < -0.39 is 17.7 Å². The van der Waals surface area contributed by atoms with E-state index in [0.29, 0.717) is 5.56 Å². The fraction of sp³-hybridized carbons (Fsp3) is 0.500. The molecule has 0 saturated heterocycles. The zero-order chi connectivity index (χ0) is 16.8. The monoisotopic (exact) mass is 371 g/mol. The predicted octanol–water partition coefficient (Wildman–Crippen LogP) is 3.56. The van der Waals surface area contributed by atoms with E-state index >= 15 is 0 Å². The van der Waals surface area contributed by atoms with Gasteiger partial charge in [-0.3, -0.25) is 4.79 Å². The summed E-state index contributed by atoms with van der Waals surface area (Å²) in [6.07, 6.45) is -0.410. The molecular formula is C16H22BrNO4. The van der Waals surface area contributed by atoms with Crippen molar-refractivity contribution < 1.29 is 19.1 Å². The molecule has 5 nitrogen and oxygen atoms in total. The lowest BCUT2D eigenvalue weighted by molar-refractivity contribution is 0.0464. The highest BCUT2D eigenvalue weighted by atomic mass is 79.9. The van der Waals surface area contributed by atoms with Crippen LogP contribution in [0.5, 0.6) is 0 Å². The lowest BCUT2D eigenvalue weighted by Crippen LogP contribution is -2.42. The molecule has 1 amide bonds. The van der Waals surface area contributed by atoms with Gasteiger partial charge in [-0.15, -0.1) is 0 Å². The normalized spacial score (nSPS) is 12.6. The smallest absolute Gasteiger partial charge is 0.407 e. The van der Waals surface area contributed by atoms with Crippen LogP contribution in [0.3, 0.4) is 0 Å². The molecule has 0 fully saturated rings. The average molecular weight is 372 g/mol. The van der Waals surface area contributed by atoms with E-state index in [2.05, 4.69) is 21.2 Å². The van der Waals surface area contributed by atoms with Crippen LogP contribution >= 0.6 is 15.9 Å². The summed E-state index contributed by atoms with van der Waals surface area (Å²) in [6.45, 7) is 5.59. The number of Topliss-reactive ketones (excluding diaryl/α,β-unsaturated/α-hetero) is 1. The number of ether oxygens (including phenoxy) is 2. The lowest BCUT2D eigenvalue weighted by atomic mass is 10.0. The van der Waals surface area contributed by atoms with Crippen LogP contribution in [-0.4, -0.2) is 37.2 Å². The van der Waals surface area contributed by atoms with Crippen molar-refractivity contribution in [2.75, 3.05) is 13.7 Å². The van der Waals surface area contributed by atoms with Crippen molar-refractivity contribution in [1.82, 2.24) is 5.32 Å². The number of benzene rings is 1. The first-order chi connectivity index (χ1) is 10.2. The van der Waals surface area contributed by atoms with Gasteiger partial charge in [0.2, 0.25) is 0 Å². The largest absolute Gasteiger partial charge is 0.444 e. The summed E-state index contributed by atoms with van der Waals surface area (Å²) in [5.41, 5.74) is 0.00697. The maximum absolute atomic E-state index is 12.2. The molecule has 1 aromatic rings. The predicted molar refractivity (Wildman–Crippen MR) is 88.1 cm³/mol. The van der Waals surface area contributed by atoms with Crippen molar-refractivity contribution in [1.29, 1.82) is 0 Å². The number of methoxy groups -OCH3 is 1. The van der Waals surface area contributed by atoms with Crippen molar-refractivity contribution in [3.63, 3.8) is 0 Å². The fourth-order valence-electron chi connectivity index (χ4n) is 1.80. The fourth-order valence-corrected chi connectivity index (χ4v) is 2.07. The van der Waals surface area contributed by atoms with Crippen LogP contribution in [0.25, 0.3) is 0 Å². The molecule has 1 aromatic carbocycles. The quantitative estimate of drug-likeness (QED) is 0.776. The third-order valence-electron chi connectivity index (χ3n) is 2.69. The Morgan fingerprint density at radius 2 is 1.82 bits per heavy atom. The van der Waals surface area contributed by atoms with E-state index in [4.69, 9.17) is 9.47 Å². The number of ketones is 1. The van der Waals surface area contributed by atoms with Crippen molar-refractivity contribution in [3.8, 4) is 0 Å². The first-order valence-electron chi connectivity index (χ1n) is 6.98. The van der Waals surface area contributed by atoms with Gasteiger partial charge in [-0.25, -0.2) is 4.79 Å². The van der Waals surface area contributed by atoms with E-state index in [-0.39, 0.29) is 18.8 Å². The third-order valence-corrected chi connectivity index (χ3v) is 3.22. The number of carbonyl (C=O) groups excluding carboxylic acids is 2. The highest BCUT2D eigenvalue weighted by Gasteiger charge is 2.21. The highest BCUT2D eigenvalue weighted by molar-refractivity contribution is 9.10. The molecule has 1 rings (SSSR count). The molecule has 0 aliphatic rings. The van der Waals surface area contributed by atoms with Crippen LogP contribution in [-0.2, 0) is 9.47 Å².